The van der Waals surface area contributed by atoms with Gasteiger partial charge in [0.2, 0.25) is 0 Å². The van der Waals surface area contributed by atoms with Gasteiger partial charge in [0.1, 0.15) is 0 Å². The van der Waals surface area contributed by atoms with Gasteiger partial charge in [-0.25, -0.2) is 0 Å². The average Bonchev–Trinajstić information content (AvgIpc) is 3.88. The van der Waals surface area contributed by atoms with E-state index in [-0.39, 0.29) is 0 Å². The highest BCUT2D eigenvalue weighted by molar-refractivity contribution is 6.17. The van der Waals surface area contributed by atoms with E-state index in [0.29, 0.717) is 0 Å². The molecule has 296 valence electrons. The van der Waals surface area contributed by atoms with Crippen molar-refractivity contribution < 1.29 is 0 Å². The fourth-order valence-electron chi connectivity index (χ4n) is 9.63. The van der Waals surface area contributed by atoms with Crippen LogP contribution >= 0.6 is 0 Å². The molecular formula is C60H41N3. The van der Waals surface area contributed by atoms with Gasteiger partial charge in [0.05, 0.1) is 22.1 Å². The maximum atomic E-state index is 2.41. The molecule has 2 heterocycles. The van der Waals surface area contributed by atoms with Crippen molar-refractivity contribution in [2.24, 2.45) is 0 Å². The summed E-state index contributed by atoms with van der Waals surface area (Å²) < 4.78 is 4.81. The highest BCUT2D eigenvalue weighted by Crippen LogP contribution is 2.44. The SMILES string of the molecule is c1ccc(-c2cccc(N(c3ccc(-n4c5ccccc5c5cc(-c6ccccc6)ccc54)cc3)c3ccc4c(c3)c3c(-c5ccccc5)cccc3n4-c3ccccc3)c2)cc1. The summed E-state index contributed by atoms with van der Waals surface area (Å²) in [5.41, 5.74) is 17.4. The first-order valence-electron chi connectivity index (χ1n) is 21.6. The number of aromatic nitrogens is 2. The Morgan fingerprint density at radius 1 is 0.254 bits per heavy atom. The Morgan fingerprint density at radius 2 is 0.746 bits per heavy atom. The minimum Gasteiger partial charge on any atom is -0.310 e. The van der Waals surface area contributed by atoms with Crippen LogP contribution in [-0.4, -0.2) is 9.13 Å². The summed E-state index contributed by atoms with van der Waals surface area (Å²) in [5, 5.41) is 4.92. The largest absolute Gasteiger partial charge is 0.310 e. The van der Waals surface area contributed by atoms with Crippen molar-refractivity contribution in [2.75, 3.05) is 4.90 Å². The van der Waals surface area contributed by atoms with Crippen LogP contribution in [-0.2, 0) is 0 Å². The lowest BCUT2D eigenvalue weighted by Crippen LogP contribution is -2.10. The summed E-state index contributed by atoms with van der Waals surface area (Å²) >= 11 is 0. The van der Waals surface area contributed by atoms with Gasteiger partial charge in [-0.1, -0.05) is 158 Å². The third-order valence-corrected chi connectivity index (χ3v) is 12.5. The smallest absolute Gasteiger partial charge is 0.0547 e. The van der Waals surface area contributed by atoms with E-state index in [9.17, 15) is 0 Å². The van der Waals surface area contributed by atoms with Gasteiger partial charge in [0, 0.05) is 50.0 Å². The molecule has 0 radical (unpaired) electrons. The van der Waals surface area contributed by atoms with Gasteiger partial charge < -0.3 is 14.0 Å². The zero-order valence-electron chi connectivity index (χ0n) is 34.5. The molecule has 0 spiro atoms. The number of para-hydroxylation sites is 2. The van der Waals surface area contributed by atoms with E-state index < -0.39 is 0 Å². The lowest BCUT2D eigenvalue weighted by atomic mass is 9.99. The molecule has 12 rings (SSSR count). The predicted octanol–water partition coefficient (Wildman–Crippen LogP) is 16.4. The van der Waals surface area contributed by atoms with Gasteiger partial charge in [-0.2, -0.15) is 0 Å². The molecule has 0 N–H and O–H groups in total. The van der Waals surface area contributed by atoms with Gasteiger partial charge in [-0.3, -0.25) is 0 Å². The highest BCUT2D eigenvalue weighted by Gasteiger charge is 2.21. The van der Waals surface area contributed by atoms with E-state index in [1.54, 1.807) is 0 Å². The molecule has 0 aliphatic heterocycles. The van der Waals surface area contributed by atoms with Gasteiger partial charge in [0.25, 0.3) is 0 Å². The van der Waals surface area contributed by atoms with Gasteiger partial charge in [-0.15, -0.1) is 0 Å². The Morgan fingerprint density at radius 3 is 1.48 bits per heavy atom. The second-order valence-corrected chi connectivity index (χ2v) is 16.2. The summed E-state index contributed by atoms with van der Waals surface area (Å²) in [6.07, 6.45) is 0. The number of anilines is 3. The van der Waals surface area contributed by atoms with Crippen LogP contribution in [0, 0.1) is 0 Å². The second kappa shape index (κ2) is 15.3. The molecule has 0 saturated heterocycles. The second-order valence-electron chi connectivity index (χ2n) is 16.2. The molecule has 0 atom stereocenters. The fraction of sp³-hybridized carbons (Fsp3) is 0. The van der Waals surface area contributed by atoms with Crippen LogP contribution in [0.4, 0.5) is 17.1 Å². The number of benzene rings is 10. The van der Waals surface area contributed by atoms with Crippen LogP contribution in [0.2, 0.25) is 0 Å². The van der Waals surface area contributed by atoms with Gasteiger partial charge in [-0.05, 0) is 124 Å². The standard InChI is InChI=1S/C60H41N3/c1-5-17-42(18-6-1)45-23-15-26-50(39-45)61(48-32-34-49(35-33-48)62-56-29-14-13-27-53(56)54-40-46(31-37-57(54)62)43-19-7-2-8-20-43)51-36-38-58-55(41-51)60-52(44-21-9-3-10-22-44)28-16-30-59(60)63(58)47-24-11-4-12-25-47/h1-41H. The molecule has 0 amide bonds. The van der Waals surface area contributed by atoms with Crippen molar-refractivity contribution in [2.45, 2.75) is 0 Å². The highest BCUT2D eigenvalue weighted by atomic mass is 15.1. The van der Waals surface area contributed by atoms with E-state index >= 15 is 0 Å². The lowest BCUT2D eigenvalue weighted by Gasteiger charge is -2.26. The van der Waals surface area contributed by atoms with E-state index in [1.807, 2.05) is 0 Å². The maximum Gasteiger partial charge on any atom is 0.0547 e. The van der Waals surface area contributed by atoms with E-state index in [1.165, 1.54) is 77.0 Å². The van der Waals surface area contributed by atoms with Crippen molar-refractivity contribution in [3.05, 3.63) is 249 Å². The first-order valence-corrected chi connectivity index (χ1v) is 21.6. The molecule has 63 heavy (non-hydrogen) atoms. The number of hydrogen-bond acceptors (Lipinski definition) is 1. The zero-order valence-corrected chi connectivity index (χ0v) is 34.5. The first-order chi connectivity index (χ1) is 31.3. The molecule has 10 aromatic carbocycles. The minimum absolute atomic E-state index is 1.07. The van der Waals surface area contributed by atoms with E-state index in [2.05, 4.69) is 263 Å². The Bertz CT molecular complexity index is 3590. The maximum absolute atomic E-state index is 2.41. The van der Waals surface area contributed by atoms with Crippen molar-refractivity contribution in [3.8, 4) is 44.8 Å². The van der Waals surface area contributed by atoms with Crippen LogP contribution in [0.3, 0.4) is 0 Å². The Hall–Kier alpha value is -8.40. The van der Waals surface area contributed by atoms with Crippen molar-refractivity contribution >= 4 is 60.7 Å². The van der Waals surface area contributed by atoms with Crippen LogP contribution in [0.25, 0.3) is 88.4 Å². The molecule has 3 nitrogen and oxygen atoms in total. The van der Waals surface area contributed by atoms with Crippen molar-refractivity contribution in [3.63, 3.8) is 0 Å². The summed E-state index contributed by atoms with van der Waals surface area (Å²) in [6.45, 7) is 0. The third-order valence-electron chi connectivity index (χ3n) is 12.5. The van der Waals surface area contributed by atoms with Crippen LogP contribution < -0.4 is 4.90 Å². The molecule has 0 saturated carbocycles. The molecule has 0 fully saturated rings. The van der Waals surface area contributed by atoms with E-state index in [0.717, 1.165) is 28.4 Å². The first kappa shape index (κ1) is 36.5. The van der Waals surface area contributed by atoms with E-state index in [4.69, 9.17) is 0 Å². The molecule has 0 unspecified atom stereocenters. The quantitative estimate of drug-likeness (QED) is 0.149. The Kier molecular flexibility index (Phi) is 8.83. The normalized spacial score (nSPS) is 11.5. The minimum atomic E-state index is 1.07. The summed E-state index contributed by atoms with van der Waals surface area (Å²) in [4.78, 5) is 2.41. The lowest BCUT2D eigenvalue weighted by molar-refractivity contribution is 1.17. The molecule has 0 aliphatic carbocycles. The summed E-state index contributed by atoms with van der Waals surface area (Å²) in [5.74, 6) is 0. The number of hydrogen-bond donors (Lipinski definition) is 0. The van der Waals surface area contributed by atoms with Gasteiger partial charge >= 0.3 is 0 Å². The molecule has 12 aromatic rings. The van der Waals surface area contributed by atoms with Gasteiger partial charge in [0.15, 0.2) is 0 Å². The zero-order chi connectivity index (χ0) is 41.7. The van der Waals surface area contributed by atoms with Crippen LogP contribution in [0.15, 0.2) is 249 Å². The molecule has 2 aromatic heterocycles. The number of rotatable bonds is 8. The Labute approximate surface area is 366 Å². The monoisotopic (exact) mass is 803 g/mol. The molecular weight excluding hydrogens is 763 g/mol. The van der Waals surface area contributed by atoms with Crippen molar-refractivity contribution in [1.29, 1.82) is 0 Å². The molecule has 0 bridgehead atoms. The predicted molar refractivity (Wildman–Crippen MR) is 266 cm³/mol. The topological polar surface area (TPSA) is 13.1 Å². The average molecular weight is 804 g/mol. The summed E-state index contributed by atoms with van der Waals surface area (Å²) in [6, 6.07) is 90.1. The molecule has 0 aliphatic rings. The van der Waals surface area contributed by atoms with Crippen molar-refractivity contribution in [1.82, 2.24) is 9.13 Å². The van der Waals surface area contributed by atoms with Crippen LogP contribution in [0.5, 0.6) is 0 Å². The fourth-order valence-corrected chi connectivity index (χ4v) is 9.63. The number of fused-ring (bicyclic) bond motifs is 6. The number of nitrogens with zero attached hydrogens (tertiary/aromatic N) is 3. The summed E-state index contributed by atoms with van der Waals surface area (Å²) in [7, 11) is 0. The van der Waals surface area contributed by atoms with Crippen LogP contribution in [0.1, 0.15) is 0 Å². The Balaban J connectivity index is 1.05. The molecule has 3 heteroatoms. The third kappa shape index (κ3) is 6.29.